The third kappa shape index (κ3) is 4.12. The first kappa shape index (κ1) is 19.7. The van der Waals surface area contributed by atoms with Gasteiger partial charge in [-0.2, -0.15) is 12.7 Å². The van der Waals surface area contributed by atoms with Gasteiger partial charge in [-0.1, -0.05) is 26.8 Å². The second-order valence-electron chi connectivity index (χ2n) is 5.74. The molecule has 0 atom stereocenters. The molecule has 7 heteroatoms. The molecule has 0 bridgehead atoms. The van der Waals surface area contributed by atoms with Crippen LogP contribution in [0.25, 0.3) is 0 Å². The molecular weight excluding hydrogens is 415 g/mol. The van der Waals surface area contributed by atoms with Crippen LogP contribution in [0.4, 0.5) is 0 Å². The van der Waals surface area contributed by atoms with Crippen LogP contribution in [0, 0.1) is 3.57 Å². The highest BCUT2D eigenvalue weighted by atomic mass is 127. The van der Waals surface area contributed by atoms with Crippen LogP contribution in [0.15, 0.2) is 12.1 Å². The minimum atomic E-state index is -3.79. The highest BCUT2D eigenvalue weighted by Gasteiger charge is 2.26. The van der Waals surface area contributed by atoms with Gasteiger partial charge in [0.05, 0.1) is 3.57 Å². The van der Waals surface area contributed by atoms with Crippen molar-refractivity contribution < 1.29 is 12.6 Å². The third-order valence-corrected chi connectivity index (χ3v) is 6.31. The number of benzene rings is 1. The van der Waals surface area contributed by atoms with Crippen LogP contribution in [-0.4, -0.2) is 26.8 Å². The van der Waals surface area contributed by atoms with Crippen molar-refractivity contribution in [2.75, 3.05) is 14.1 Å². The molecule has 0 aliphatic carbocycles. The van der Waals surface area contributed by atoms with Crippen molar-refractivity contribution in [3.63, 3.8) is 0 Å². The average molecular weight is 440 g/mol. The molecule has 5 nitrogen and oxygen atoms in total. The summed E-state index contributed by atoms with van der Waals surface area (Å²) in [7, 11) is -0.924. The van der Waals surface area contributed by atoms with Crippen molar-refractivity contribution in [2.24, 2.45) is 5.73 Å². The van der Waals surface area contributed by atoms with E-state index in [1.807, 2.05) is 12.1 Å². The lowest BCUT2D eigenvalue weighted by Crippen LogP contribution is -2.28. The van der Waals surface area contributed by atoms with Crippen LogP contribution >= 0.6 is 22.6 Å². The summed E-state index contributed by atoms with van der Waals surface area (Å²) in [5, 5.41) is 0. The quantitative estimate of drug-likeness (QED) is 0.662. The molecule has 1 aromatic rings. The van der Waals surface area contributed by atoms with E-state index in [4.69, 9.17) is 9.92 Å². The SMILES string of the molecule is CCC(C)(CC)c1cc(I)c(OS(=O)(=O)N(C)C)c(CN)c1. The molecule has 2 N–H and O–H groups in total. The van der Waals surface area contributed by atoms with Crippen LogP contribution in [-0.2, 0) is 22.3 Å². The maximum atomic E-state index is 12.0. The maximum Gasteiger partial charge on any atom is 0.384 e. The fourth-order valence-electron chi connectivity index (χ4n) is 2.08. The lowest BCUT2D eigenvalue weighted by Gasteiger charge is -2.29. The summed E-state index contributed by atoms with van der Waals surface area (Å²) in [6, 6.07) is 3.96. The molecule has 0 radical (unpaired) electrons. The van der Waals surface area contributed by atoms with E-state index in [2.05, 4.69) is 43.4 Å². The first-order valence-corrected chi connectivity index (χ1v) is 9.70. The van der Waals surface area contributed by atoms with Gasteiger partial charge in [-0.25, -0.2) is 0 Å². The van der Waals surface area contributed by atoms with E-state index < -0.39 is 10.3 Å². The van der Waals surface area contributed by atoms with Crippen molar-refractivity contribution in [1.82, 2.24) is 4.31 Å². The van der Waals surface area contributed by atoms with E-state index in [9.17, 15) is 8.42 Å². The highest BCUT2D eigenvalue weighted by Crippen LogP contribution is 2.37. The second kappa shape index (κ2) is 7.46. The van der Waals surface area contributed by atoms with Gasteiger partial charge < -0.3 is 9.92 Å². The average Bonchev–Trinajstić information content (AvgIpc) is 2.47. The van der Waals surface area contributed by atoms with Gasteiger partial charge in [-0.15, -0.1) is 0 Å². The fraction of sp³-hybridized carbons (Fsp3) is 0.600. The Hall–Kier alpha value is -0.380. The molecule has 0 saturated heterocycles. The van der Waals surface area contributed by atoms with E-state index in [-0.39, 0.29) is 12.0 Å². The van der Waals surface area contributed by atoms with Gasteiger partial charge in [-0.05, 0) is 52.5 Å². The largest absolute Gasteiger partial charge is 0.384 e. The molecule has 0 unspecified atom stereocenters. The second-order valence-corrected chi connectivity index (χ2v) is 8.66. The Labute approximate surface area is 147 Å². The molecule has 0 aliphatic rings. The number of nitrogens with zero attached hydrogens (tertiary/aromatic N) is 1. The van der Waals surface area contributed by atoms with Crippen LogP contribution in [0.1, 0.15) is 44.7 Å². The van der Waals surface area contributed by atoms with Crippen molar-refractivity contribution >= 4 is 32.9 Å². The van der Waals surface area contributed by atoms with E-state index in [1.165, 1.54) is 14.1 Å². The topological polar surface area (TPSA) is 72.6 Å². The van der Waals surface area contributed by atoms with Crippen LogP contribution < -0.4 is 9.92 Å². The summed E-state index contributed by atoms with van der Waals surface area (Å²) in [5.41, 5.74) is 7.73. The van der Waals surface area contributed by atoms with E-state index >= 15 is 0 Å². The molecule has 0 fully saturated rings. The van der Waals surface area contributed by atoms with Crippen LogP contribution in [0.2, 0.25) is 0 Å². The summed E-state index contributed by atoms with van der Waals surface area (Å²) in [5.74, 6) is 0.329. The first-order valence-electron chi connectivity index (χ1n) is 7.26. The smallest absolute Gasteiger partial charge is 0.369 e. The molecule has 0 aliphatic heterocycles. The molecule has 1 aromatic carbocycles. The van der Waals surface area contributed by atoms with Gasteiger partial charge in [0.2, 0.25) is 0 Å². The Bertz CT molecular complexity index is 626. The monoisotopic (exact) mass is 440 g/mol. The van der Waals surface area contributed by atoms with Crippen LogP contribution in [0.3, 0.4) is 0 Å². The molecule has 0 amide bonds. The summed E-state index contributed by atoms with van der Waals surface area (Å²) < 4.78 is 31.0. The molecule has 126 valence electrons. The molecule has 0 aromatic heterocycles. The Morgan fingerprint density at radius 3 is 2.23 bits per heavy atom. The number of halogens is 1. The van der Waals surface area contributed by atoms with Gasteiger partial charge >= 0.3 is 10.3 Å². The van der Waals surface area contributed by atoms with Crippen LogP contribution in [0.5, 0.6) is 5.75 Å². The first-order chi connectivity index (χ1) is 10.1. The van der Waals surface area contributed by atoms with Gasteiger partial charge in [0.25, 0.3) is 0 Å². The van der Waals surface area contributed by atoms with Gasteiger partial charge in [0.15, 0.2) is 5.75 Å². The molecule has 0 heterocycles. The summed E-state index contributed by atoms with van der Waals surface area (Å²) >= 11 is 2.11. The summed E-state index contributed by atoms with van der Waals surface area (Å²) in [6.07, 6.45) is 2.00. The van der Waals surface area contributed by atoms with E-state index in [0.717, 1.165) is 26.3 Å². The predicted octanol–water partition coefficient (Wildman–Crippen LogP) is 3.01. The van der Waals surface area contributed by atoms with Gasteiger partial charge in [-0.3, -0.25) is 0 Å². The Kier molecular flexibility index (Phi) is 6.67. The van der Waals surface area contributed by atoms with Crippen molar-refractivity contribution in [3.8, 4) is 5.75 Å². The molecule has 0 saturated carbocycles. The Morgan fingerprint density at radius 2 is 1.82 bits per heavy atom. The van der Waals surface area contributed by atoms with Gasteiger partial charge in [0, 0.05) is 26.2 Å². The minimum absolute atomic E-state index is 0.0444. The minimum Gasteiger partial charge on any atom is -0.369 e. The molecule has 1 rings (SSSR count). The number of hydrogen-bond acceptors (Lipinski definition) is 4. The molecular formula is C15H25IN2O3S. The number of hydrogen-bond donors (Lipinski definition) is 1. The highest BCUT2D eigenvalue weighted by molar-refractivity contribution is 14.1. The maximum absolute atomic E-state index is 12.0. The van der Waals surface area contributed by atoms with Crippen molar-refractivity contribution in [2.45, 2.75) is 45.6 Å². The van der Waals surface area contributed by atoms with Gasteiger partial charge in [0.1, 0.15) is 0 Å². The van der Waals surface area contributed by atoms with Crippen molar-refractivity contribution in [3.05, 3.63) is 26.8 Å². The normalized spacial score (nSPS) is 12.7. The Morgan fingerprint density at radius 1 is 1.27 bits per heavy atom. The standard InChI is InChI=1S/C15H25IN2O3S/c1-6-15(3,7-2)12-8-11(10-17)14(13(16)9-12)21-22(19,20)18(4)5/h8-9H,6-7,10,17H2,1-5H3. The van der Waals surface area contributed by atoms with E-state index in [0.29, 0.717) is 11.3 Å². The zero-order valence-electron chi connectivity index (χ0n) is 13.8. The summed E-state index contributed by atoms with van der Waals surface area (Å²) in [6.45, 7) is 6.74. The zero-order chi connectivity index (χ0) is 17.1. The molecule has 22 heavy (non-hydrogen) atoms. The Balaban J connectivity index is 3.40. The number of rotatable bonds is 7. The third-order valence-electron chi connectivity index (χ3n) is 4.23. The van der Waals surface area contributed by atoms with E-state index in [1.54, 1.807) is 0 Å². The number of nitrogens with two attached hydrogens (primary N) is 1. The lowest BCUT2D eigenvalue weighted by atomic mass is 9.77. The van der Waals surface area contributed by atoms with Crippen molar-refractivity contribution in [1.29, 1.82) is 0 Å². The summed E-state index contributed by atoms with van der Waals surface area (Å²) in [4.78, 5) is 0. The lowest BCUT2D eigenvalue weighted by molar-refractivity contribution is 0.416. The zero-order valence-corrected chi connectivity index (χ0v) is 16.8. The fourth-order valence-corrected chi connectivity index (χ4v) is 3.58. The predicted molar refractivity (Wildman–Crippen MR) is 98.2 cm³/mol. The molecule has 0 spiro atoms.